The van der Waals surface area contributed by atoms with E-state index in [4.69, 9.17) is 0 Å². The quantitative estimate of drug-likeness (QED) is 0.805. The van der Waals surface area contributed by atoms with Crippen LogP contribution in [-0.4, -0.2) is 23.1 Å². The first kappa shape index (κ1) is 14.3. The lowest BCUT2D eigenvalue weighted by Crippen LogP contribution is -2.10. The van der Waals surface area contributed by atoms with Crippen molar-refractivity contribution in [1.82, 2.24) is 9.97 Å². The van der Waals surface area contributed by atoms with E-state index >= 15 is 0 Å². The highest BCUT2D eigenvalue weighted by atomic mass is 79.9. The minimum absolute atomic E-state index is 0.670. The normalized spacial score (nSPS) is 10.4. The van der Waals surface area contributed by atoms with E-state index in [1.54, 1.807) is 17.5 Å². The van der Waals surface area contributed by atoms with Gasteiger partial charge in [-0.15, -0.1) is 0 Å². The van der Waals surface area contributed by atoms with Crippen molar-refractivity contribution in [1.29, 1.82) is 0 Å². The molecule has 0 fully saturated rings. The van der Waals surface area contributed by atoms with Crippen LogP contribution in [0.5, 0.6) is 0 Å². The van der Waals surface area contributed by atoms with Gasteiger partial charge in [-0.05, 0) is 51.2 Å². The van der Waals surface area contributed by atoms with Crippen LogP contribution in [0.2, 0.25) is 0 Å². The molecule has 2 aromatic rings. The smallest absolute Gasteiger partial charge is 0.224 e. The van der Waals surface area contributed by atoms with Gasteiger partial charge in [0.1, 0.15) is 5.82 Å². The maximum atomic E-state index is 4.45. The van der Waals surface area contributed by atoms with E-state index in [2.05, 4.69) is 60.3 Å². The van der Waals surface area contributed by atoms with Crippen LogP contribution in [0.3, 0.4) is 0 Å². The molecule has 4 nitrogen and oxygen atoms in total. The van der Waals surface area contributed by atoms with Crippen molar-refractivity contribution >= 4 is 39.0 Å². The van der Waals surface area contributed by atoms with Crippen LogP contribution in [0.15, 0.2) is 27.5 Å². The van der Waals surface area contributed by atoms with Crippen LogP contribution < -0.4 is 10.6 Å². The predicted octanol–water partition coefficient (Wildman–Crippen LogP) is 3.78. The topological polar surface area (TPSA) is 49.8 Å². The molecule has 19 heavy (non-hydrogen) atoms. The standard InChI is InChI=1S/C13H17BrN4S/c1-2-5-16-13-17-8-11(14)12(18-13)15-6-3-10-4-7-19-9-10/h4,7-9H,2-3,5-6H2,1H3,(H2,15,16,17,18). The van der Waals surface area contributed by atoms with E-state index in [0.717, 1.165) is 36.2 Å². The van der Waals surface area contributed by atoms with Gasteiger partial charge >= 0.3 is 0 Å². The van der Waals surface area contributed by atoms with Gasteiger partial charge in [0.2, 0.25) is 5.95 Å². The second-order valence-electron chi connectivity index (χ2n) is 4.13. The molecule has 0 unspecified atom stereocenters. The Morgan fingerprint density at radius 3 is 2.95 bits per heavy atom. The summed E-state index contributed by atoms with van der Waals surface area (Å²) < 4.78 is 0.889. The van der Waals surface area contributed by atoms with Gasteiger partial charge in [-0.3, -0.25) is 0 Å². The number of hydrogen-bond donors (Lipinski definition) is 2. The molecular formula is C13H17BrN4S. The fraction of sp³-hybridized carbons (Fsp3) is 0.385. The fourth-order valence-electron chi connectivity index (χ4n) is 1.57. The zero-order chi connectivity index (χ0) is 13.5. The lowest BCUT2D eigenvalue weighted by Gasteiger charge is -2.09. The number of rotatable bonds is 7. The molecule has 0 aromatic carbocycles. The van der Waals surface area contributed by atoms with Crippen LogP contribution in [0, 0.1) is 0 Å². The minimum atomic E-state index is 0.670. The lowest BCUT2D eigenvalue weighted by atomic mass is 10.2. The Morgan fingerprint density at radius 2 is 2.21 bits per heavy atom. The van der Waals surface area contributed by atoms with Crippen LogP contribution in [0.4, 0.5) is 11.8 Å². The zero-order valence-electron chi connectivity index (χ0n) is 10.8. The van der Waals surface area contributed by atoms with Gasteiger partial charge in [-0.2, -0.15) is 16.3 Å². The van der Waals surface area contributed by atoms with Gasteiger partial charge in [0.15, 0.2) is 0 Å². The molecule has 2 rings (SSSR count). The number of nitrogens with one attached hydrogen (secondary N) is 2. The molecule has 0 aliphatic carbocycles. The first-order valence-electron chi connectivity index (χ1n) is 6.31. The number of thiophene rings is 1. The maximum absolute atomic E-state index is 4.45. The highest BCUT2D eigenvalue weighted by Crippen LogP contribution is 2.20. The summed E-state index contributed by atoms with van der Waals surface area (Å²) in [4.78, 5) is 8.68. The zero-order valence-corrected chi connectivity index (χ0v) is 13.2. The number of hydrogen-bond acceptors (Lipinski definition) is 5. The Labute approximate surface area is 125 Å². The van der Waals surface area contributed by atoms with Gasteiger partial charge in [0, 0.05) is 19.3 Å². The van der Waals surface area contributed by atoms with Gasteiger partial charge in [0.05, 0.1) is 4.47 Å². The Balaban J connectivity index is 1.90. The molecule has 0 radical (unpaired) electrons. The SMILES string of the molecule is CCCNc1ncc(Br)c(NCCc2ccsc2)n1. The second-order valence-corrected chi connectivity index (χ2v) is 5.76. The Morgan fingerprint density at radius 1 is 1.32 bits per heavy atom. The average molecular weight is 341 g/mol. The van der Waals surface area contributed by atoms with Crippen LogP contribution in [0.1, 0.15) is 18.9 Å². The highest BCUT2D eigenvalue weighted by Gasteiger charge is 2.04. The van der Waals surface area contributed by atoms with Gasteiger partial charge < -0.3 is 10.6 Å². The third-order valence-electron chi connectivity index (χ3n) is 2.56. The number of aromatic nitrogens is 2. The summed E-state index contributed by atoms with van der Waals surface area (Å²) in [5.41, 5.74) is 1.35. The summed E-state index contributed by atoms with van der Waals surface area (Å²) in [6, 6.07) is 2.15. The Kier molecular flexibility index (Phi) is 5.60. The monoisotopic (exact) mass is 340 g/mol. The van der Waals surface area contributed by atoms with E-state index in [9.17, 15) is 0 Å². The molecule has 0 spiro atoms. The van der Waals surface area contributed by atoms with Gasteiger partial charge in [-0.25, -0.2) is 4.98 Å². The summed E-state index contributed by atoms with van der Waals surface area (Å²) in [7, 11) is 0. The number of nitrogens with zero attached hydrogens (tertiary/aromatic N) is 2. The molecule has 0 bridgehead atoms. The molecule has 0 amide bonds. The molecule has 102 valence electrons. The molecule has 0 aliphatic heterocycles. The van der Waals surface area contributed by atoms with Crippen molar-refractivity contribution in [3.63, 3.8) is 0 Å². The molecule has 2 aromatic heterocycles. The predicted molar refractivity (Wildman–Crippen MR) is 85.0 cm³/mol. The van der Waals surface area contributed by atoms with E-state index < -0.39 is 0 Å². The fourth-order valence-corrected chi connectivity index (χ4v) is 2.61. The van der Waals surface area contributed by atoms with E-state index in [1.165, 1.54) is 5.56 Å². The summed E-state index contributed by atoms with van der Waals surface area (Å²) in [6.07, 6.45) is 3.83. The molecule has 2 N–H and O–H groups in total. The van der Waals surface area contributed by atoms with Gasteiger partial charge in [-0.1, -0.05) is 6.92 Å². The number of halogens is 1. The summed E-state index contributed by atoms with van der Waals surface area (Å²) in [5.74, 6) is 1.51. The van der Waals surface area contributed by atoms with Crippen molar-refractivity contribution in [2.24, 2.45) is 0 Å². The summed E-state index contributed by atoms with van der Waals surface area (Å²) in [6.45, 7) is 3.86. The van der Waals surface area contributed by atoms with Crippen molar-refractivity contribution in [2.45, 2.75) is 19.8 Å². The third kappa shape index (κ3) is 4.47. The number of anilines is 2. The van der Waals surface area contributed by atoms with E-state index in [-0.39, 0.29) is 0 Å². The van der Waals surface area contributed by atoms with E-state index in [0.29, 0.717) is 5.95 Å². The van der Waals surface area contributed by atoms with Crippen molar-refractivity contribution in [2.75, 3.05) is 23.7 Å². The van der Waals surface area contributed by atoms with Crippen LogP contribution in [-0.2, 0) is 6.42 Å². The minimum Gasteiger partial charge on any atom is -0.369 e. The second kappa shape index (κ2) is 7.45. The third-order valence-corrected chi connectivity index (χ3v) is 3.88. The van der Waals surface area contributed by atoms with Crippen LogP contribution in [0.25, 0.3) is 0 Å². The molecule has 0 saturated carbocycles. The molecule has 2 heterocycles. The summed E-state index contributed by atoms with van der Waals surface area (Å²) in [5, 5.41) is 10.8. The first-order chi connectivity index (χ1) is 9.29. The van der Waals surface area contributed by atoms with Gasteiger partial charge in [0.25, 0.3) is 0 Å². The largest absolute Gasteiger partial charge is 0.369 e. The lowest BCUT2D eigenvalue weighted by molar-refractivity contribution is 0.945. The summed E-state index contributed by atoms with van der Waals surface area (Å²) >= 11 is 5.19. The highest BCUT2D eigenvalue weighted by molar-refractivity contribution is 9.10. The molecular weight excluding hydrogens is 324 g/mol. The van der Waals surface area contributed by atoms with Crippen molar-refractivity contribution in [3.05, 3.63) is 33.1 Å². The first-order valence-corrected chi connectivity index (χ1v) is 8.04. The molecule has 0 aliphatic rings. The Hall–Kier alpha value is -1.14. The molecule has 0 atom stereocenters. The van der Waals surface area contributed by atoms with Crippen molar-refractivity contribution in [3.8, 4) is 0 Å². The van der Waals surface area contributed by atoms with E-state index in [1.807, 2.05) is 0 Å². The molecule has 0 saturated heterocycles. The molecule has 6 heteroatoms. The van der Waals surface area contributed by atoms with Crippen molar-refractivity contribution < 1.29 is 0 Å². The Bertz CT molecular complexity index is 501. The van der Waals surface area contributed by atoms with Crippen LogP contribution >= 0.6 is 27.3 Å². The average Bonchev–Trinajstić information content (AvgIpc) is 2.92. The maximum Gasteiger partial charge on any atom is 0.224 e.